The van der Waals surface area contributed by atoms with Crippen molar-refractivity contribution in [1.29, 1.82) is 0 Å². The predicted octanol–water partition coefficient (Wildman–Crippen LogP) is 5.43. The van der Waals surface area contributed by atoms with Crippen molar-refractivity contribution < 1.29 is 39.7 Å². The maximum Gasteiger partial charge on any atom is 0.336 e. The fourth-order valence-corrected chi connectivity index (χ4v) is 5.00. The SMILES string of the molecule is Cc1cc(Cc2ccc(C(NO)c3cc([N+](=O)[O-])ccc3C(=O)O)c(C)c2)ccc1NC(=O)c1cc([N+](=O)[O-])ccc1C(=O)O. The molecule has 4 aromatic carbocycles. The smallest absolute Gasteiger partial charge is 0.336 e. The Morgan fingerprint density at radius 2 is 1.27 bits per heavy atom. The average molecular weight is 615 g/mol. The van der Waals surface area contributed by atoms with Crippen LogP contribution in [0.15, 0.2) is 72.8 Å². The molecule has 0 radical (unpaired) electrons. The molecular weight excluding hydrogens is 588 g/mol. The molecule has 0 aliphatic rings. The van der Waals surface area contributed by atoms with Crippen molar-refractivity contribution in [2.75, 3.05) is 5.32 Å². The Hall–Kier alpha value is -5.99. The number of nitro groups is 2. The van der Waals surface area contributed by atoms with Gasteiger partial charge in [-0.2, -0.15) is 5.48 Å². The Bertz CT molecular complexity index is 1870. The molecule has 4 aromatic rings. The second kappa shape index (κ2) is 13.1. The highest BCUT2D eigenvalue weighted by Crippen LogP contribution is 2.31. The molecule has 0 spiro atoms. The third kappa shape index (κ3) is 6.98. The number of hydroxylamine groups is 1. The number of aromatic carboxylic acids is 2. The minimum absolute atomic E-state index is 0.0175. The number of benzene rings is 4. The number of non-ortho nitro benzene ring substituents is 2. The molecule has 0 aromatic heterocycles. The number of nitrogens with zero attached hydrogens (tertiary/aromatic N) is 2. The largest absolute Gasteiger partial charge is 0.478 e. The summed E-state index contributed by atoms with van der Waals surface area (Å²) < 4.78 is 0. The molecule has 1 atom stereocenters. The van der Waals surface area contributed by atoms with Crippen LogP contribution in [0, 0.1) is 34.1 Å². The van der Waals surface area contributed by atoms with Gasteiger partial charge in [0.05, 0.1) is 32.6 Å². The number of hydrogen-bond acceptors (Lipinski definition) is 9. The fraction of sp³-hybridized carbons (Fsp3) is 0.129. The molecule has 5 N–H and O–H groups in total. The number of nitrogens with one attached hydrogen (secondary N) is 2. The van der Waals surface area contributed by atoms with E-state index >= 15 is 0 Å². The van der Waals surface area contributed by atoms with Crippen LogP contribution >= 0.6 is 0 Å². The van der Waals surface area contributed by atoms with Crippen LogP contribution in [0.1, 0.15) is 70.5 Å². The number of amides is 1. The maximum absolute atomic E-state index is 12.9. The van der Waals surface area contributed by atoms with Crippen molar-refractivity contribution in [3.05, 3.63) is 143 Å². The number of carboxylic acids is 2. The molecular formula is C31H26N4O10. The zero-order chi connectivity index (χ0) is 33.0. The van der Waals surface area contributed by atoms with Gasteiger partial charge in [-0.05, 0) is 71.8 Å². The highest BCUT2D eigenvalue weighted by molar-refractivity contribution is 6.11. The summed E-state index contributed by atoms with van der Waals surface area (Å²) in [5.74, 6) is -3.53. The molecule has 0 aliphatic carbocycles. The molecule has 1 unspecified atom stereocenters. The van der Waals surface area contributed by atoms with Gasteiger partial charge < -0.3 is 20.7 Å². The molecule has 0 bridgehead atoms. The van der Waals surface area contributed by atoms with Crippen LogP contribution < -0.4 is 10.8 Å². The number of carbonyl (C=O) groups excluding carboxylic acids is 1. The second-order valence-corrected chi connectivity index (χ2v) is 10.2. The number of nitro benzene ring substituents is 2. The Morgan fingerprint density at radius 3 is 1.80 bits per heavy atom. The molecule has 1 amide bonds. The zero-order valence-electron chi connectivity index (χ0n) is 23.8. The lowest BCUT2D eigenvalue weighted by molar-refractivity contribution is -0.385. The van der Waals surface area contributed by atoms with Crippen LogP contribution in [-0.2, 0) is 6.42 Å². The quantitative estimate of drug-likeness (QED) is 0.106. The molecule has 0 heterocycles. The van der Waals surface area contributed by atoms with Crippen LogP contribution in [0.2, 0.25) is 0 Å². The normalized spacial score (nSPS) is 11.4. The molecule has 45 heavy (non-hydrogen) atoms. The number of carbonyl (C=O) groups is 3. The van der Waals surface area contributed by atoms with Crippen LogP contribution in [0.4, 0.5) is 17.1 Å². The molecule has 230 valence electrons. The molecule has 0 saturated carbocycles. The molecule has 14 heteroatoms. The minimum atomic E-state index is -1.41. The van der Waals surface area contributed by atoms with Gasteiger partial charge in [-0.1, -0.05) is 30.3 Å². The molecule has 0 fully saturated rings. The summed E-state index contributed by atoms with van der Waals surface area (Å²) in [7, 11) is 0. The molecule has 0 aliphatic heterocycles. The van der Waals surface area contributed by atoms with Crippen molar-refractivity contribution in [3.63, 3.8) is 0 Å². The Balaban J connectivity index is 1.57. The lowest BCUT2D eigenvalue weighted by atomic mass is 9.90. The van der Waals surface area contributed by atoms with E-state index in [2.05, 4.69) is 10.8 Å². The highest BCUT2D eigenvalue weighted by Gasteiger charge is 2.25. The summed E-state index contributed by atoms with van der Waals surface area (Å²) in [4.78, 5) is 57.4. The average Bonchev–Trinajstić information content (AvgIpc) is 2.99. The molecule has 0 saturated heterocycles. The number of rotatable bonds is 11. The summed E-state index contributed by atoms with van der Waals surface area (Å²) in [6.07, 6.45) is 0.443. The van der Waals surface area contributed by atoms with Crippen LogP contribution in [0.3, 0.4) is 0 Å². The summed E-state index contributed by atoms with van der Waals surface area (Å²) >= 11 is 0. The van der Waals surface area contributed by atoms with Gasteiger partial charge in [-0.3, -0.25) is 25.0 Å². The first kappa shape index (κ1) is 31.9. The molecule has 4 rings (SSSR count). The summed E-state index contributed by atoms with van der Waals surface area (Å²) in [6.45, 7) is 3.49. The van der Waals surface area contributed by atoms with Gasteiger partial charge in [0.25, 0.3) is 17.3 Å². The van der Waals surface area contributed by atoms with Gasteiger partial charge in [0.15, 0.2) is 0 Å². The van der Waals surface area contributed by atoms with E-state index in [1.165, 1.54) is 0 Å². The van der Waals surface area contributed by atoms with Crippen LogP contribution in [0.25, 0.3) is 0 Å². The summed E-state index contributed by atoms with van der Waals surface area (Å²) in [5, 5.41) is 54.1. The third-order valence-electron chi connectivity index (χ3n) is 7.20. The van der Waals surface area contributed by atoms with E-state index in [0.717, 1.165) is 47.5 Å². The van der Waals surface area contributed by atoms with E-state index in [1.54, 1.807) is 38.1 Å². The standard InChI is InChI=1S/C31H26N4O10/c1-16-11-18(3-7-22(16)28(33-41)25-14-20(34(42)43)5-8-23(25)30(37)38)13-19-4-10-27(17(2)12-19)32-29(36)26-15-21(35(44)45)6-9-24(26)31(39)40/h3-12,14-15,28,33,41H,13H2,1-2H3,(H,32,36)(H,37,38)(H,39,40). The Labute approximate surface area is 254 Å². The topological polar surface area (TPSA) is 222 Å². The predicted molar refractivity (Wildman–Crippen MR) is 160 cm³/mol. The van der Waals surface area contributed by atoms with E-state index < -0.39 is 39.4 Å². The van der Waals surface area contributed by atoms with Crippen LogP contribution in [0.5, 0.6) is 0 Å². The highest BCUT2D eigenvalue weighted by atomic mass is 16.6. The summed E-state index contributed by atoms with van der Waals surface area (Å²) in [6, 6.07) is 15.6. The van der Waals surface area contributed by atoms with E-state index in [9.17, 15) is 50.0 Å². The van der Waals surface area contributed by atoms with Crippen molar-refractivity contribution in [2.45, 2.75) is 26.3 Å². The number of aryl methyl sites for hydroxylation is 2. The number of anilines is 1. The van der Waals surface area contributed by atoms with Gasteiger partial charge in [-0.25, -0.2) is 9.59 Å². The van der Waals surface area contributed by atoms with Crippen LogP contribution in [-0.4, -0.2) is 43.1 Å². The number of hydrogen-bond donors (Lipinski definition) is 5. The maximum atomic E-state index is 12.9. The van der Waals surface area contributed by atoms with Gasteiger partial charge in [0.2, 0.25) is 0 Å². The van der Waals surface area contributed by atoms with Gasteiger partial charge in [0.1, 0.15) is 0 Å². The van der Waals surface area contributed by atoms with Crippen molar-refractivity contribution in [1.82, 2.24) is 5.48 Å². The fourth-order valence-electron chi connectivity index (χ4n) is 5.00. The van der Waals surface area contributed by atoms with E-state index in [1.807, 2.05) is 12.1 Å². The molecule has 14 nitrogen and oxygen atoms in total. The minimum Gasteiger partial charge on any atom is -0.478 e. The Morgan fingerprint density at radius 1 is 0.711 bits per heavy atom. The van der Waals surface area contributed by atoms with Crippen molar-refractivity contribution in [2.24, 2.45) is 0 Å². The lowest BCUT2D eigenvalue weighted by Gasteiger charge is -2.21. The van der Waals surface area contributed by atoms with E-state index in [4.69, 9.17) is 0 Å². The summed E-state index contributed by atoms with van der Waals surface area (Å²) in [5.41, 5.74) is 4.30. The van der Waals surface area contributed by atoms with Gasteiger partial charge in [-0.15, -0.1) is 0 Å². The Kier molecular flexibility index (Phi) is 9.31. The van der Waals surface area contributed by atoms with Crippen molar-refractivity contribution in [3.8, 4) is 0 Å². The first-order valence-corrected chi connectivity index (χ1v) is 13.2. The number of carboxylic acid groups (broad SMARTS) is 2. The third-order valence-corrected chi connectivity index (χ3v) is 7.20. The van der Waals surface area contributed by atoms with Crippen molar-refractivity contribution >= 4 is 34.9 Å². The van der Waals surface area contributed by atoms with E-state index in [0.29, 0.717) is 28.8 Å². The van der Waals surface area contributed by atoms with Gasteiger partial charge >= 0.3 is 11.9 Å². The van der Waals surface area contributed by atoms with Gasteiger partial charge in [0, 0.05) is 30.0 Å². The zero-order valence-corrected chi connectivity index (χ0v) is 23.8. The first-order valence-electron chi connectivity index (χ1n) is 13.2. The monoisotopic (exact) mass is 614 g/mol. The lowest BCUT2D eigenvalue weighted by Crippen LogP contribution is -2.22. The second-order valence-electron chi connectivity index (χ2n) is 10.2. The van der Waals surface area contributed by atoms with E-state index in [-0.39, 0.29) is 27.9 Å². The first-order chi connectivity index (χ1) is 21.3.